The van der Waals surface area contributed by atoms with E-state index >= 15 is 0 Å². The van der Waals surface area contributed by atoms with Crippen LogP contribution in [0.15, 0.2) is 47.5 Å². The fourth-order valence-electron chi connectivity index (χ4n) is 2.45. The van der Waals surface area contributed by atoms with Crippen molar-refractivity contribution in [3.05, 3.63) is 53.9 Å². The van der Waals surface area contributed by atoms with Gasteiger partial charge in [-0.1, -0.05) is 12.1 Å². The van der Waals surface area contributed by atoms with Gasteiger partial charge >= 0.3 is 0 Å². The van der Waals surface area contributed by atoms with Crippen molar-refractivity contribution >= 4 is 35.1 Å². The first-order valence-electron chi connectivity index (χ1n) is 7.59. The molecular formula is C17H17N5O2S. The molecule has 1 aromatic heterocycles. The summed E-state index contributed by atoms with van der Waals surface area (Å²) in [4.78, 5) is 31.1. The summed E-state index contributed by atoms with van der Waals surface area (Å²) in [6.07, 6.45) is 1.52. The van der Waals surface area contributed by atoms with E-state index in [1.165, 1.54) is 22.9 Å². The number of hydrogen-bond donors (Lipinski definition) is 2. The van der Waals surface area contributed by atoms with Crippen LogP contribution < -0.4 is 10.7 Å². The highest BCUT2D eigenvalue weighted by atomic mass is 32.2. The molecule has 3 rings (SSSR count). The van der Waals surface area contributed by atoms with Crippen LogP contribution in [0, 0.1) is 12.3 Å². The van der Waals surface area contributed by atoms with Gasteiger partial charge in [-0.05, 0) is 36.8 Å². The van der Waals surface area contributed by atoms with E-state index in [4.69, 9.17) is 11.3 Å². The van der Waals surface area contributed by atoms with E-state index < -0.39 is 5.91 Å². The smallest absolute Gasteiger partial charge is 0.262 e. The van der Waals surface area contributed by atoms with Crippen molar-refractivity contribution < 1.29 is 9.59 Å². The summed E-state index contributed by atoms with van der Waals surface area (Å²) in [6.45, 7) is 1.75. The molecule has 0 spiro atoms. The van der Waals surface area contributed by atoms with Crippen LogP contribution in [-0.4, -0.2) is 39.9 Å². The molecule has 0 fully saturated rings. The number of pyridine rings is 1. The van der Waals surface area contributed by atoms with Gasteiger partial charge in [0.1, 0.15) is 12.2 Å². The number of thioether (sulfide) groups is 1. The van der Waals surface area contributed by atoms with Crippen LogP contribution in [0.2, 0.25) is 0 Å². The molecule has 1 aliphatic rings. The molecule has 0 aliphatic carbocycles. The van der Waals surface area contributed by atoms with Crippen LogP contribution in [0.5, 0.6) is 0 Å². The fraction of sp³-hybridized carbons (Fsp3) is 0.176. The number of hydrazine groups is 1. The molecule has 2 amide bonds. The number of carbonyl (C=O) groups is 2. The SMILES string of the molecule is Cc1ccc2c(c1)SCC(=O)N2CC(=O)N(N)C(=N)c1ccccn1. The Hall–Kier alpha value is -2.71. The van der Waals surface area contributed by atoms with Crippen molar-refractivity contribution in [2.45, 2.75) is 11.8 Å². The molecule has 2 aromatic rings. The normalized spacial score (nSPS) is 13.4. The lowest BCUT2D eigenvalue weighted by Crippen LogP contribution is -2.50. The fourth-order valence-corrected chi connectivity index (χ4v) is 3.48. The van der Waals surface area contributed by atoms with Crippen molar-refractivity contribution in [2.24, 2.45) is 5.84 Å². The molecule has 7 nitrogen and oxygen atoms in total. The minimum absolute atomic E-state index is 0.160. The Morgan fingerprint density at radius 3 is 2.92 bits per heavy atom. The van der Waals surface area contributed by atoms with Crippen molar-refractivity contribution in [1.82, 2.24) is 9.99 Å². The van der Waals surface area contributed by atoms with E-state index in [-0.39, 0.29) is 29.7 Å². The Morgan fingerprint density at radius 2 is 2.20 bits per heavy atom. The molecule has 2 heterocycles. The summed E-state index contributed by atoms with van der Waals surface area (Å²) >= 11 is 1.45. The van der Waals surface area contributed by atoms with Gasteiger partial charge in [0.2, 0.25) is 5.91 Å². The second kappa shape index (κ2) is 7.04. The molecule has 0 atom stereocenters. The average Bonchev–Trinajstić information content (AvgIpc) is 2.63. The molecule has 1 aromatic carbocycles. The van der Waals surface area contributed by atoms with Crippen LogP contribution in [0.3, 0.4) is 0 Å². The van der Waals surface area contributed by atoms with Gasteiger partial charge in [0, 0.05) is 11.1 Å². The van der Waals surface area contributed by atoms with Gasteiger partial charge in [0.15, 0.2) is 5.84 Å². The number of aromatic nitrogens is 1. The minimum atomic E-state index is -0.553. The minimum Gasteiger partial charge on any atom is -0.301 e. The van der Waals surface area contributed by atoms with E-state index in [1.807, 2.05) is 25.1 Å². The maximum Gasteiger partial charge on any atom is 0.262 e. The number of hydrogen-bond acceptors (Lipinski definition) is 6. The lowest BCUT2D eigenvalue weighted by molar-refractivity contribution is -0.128. The lowest BCUT2D eigenvalue weighted by atomic mass is 10.2. The number of nitrogens with two attached hydrogens (primary N) is 1. The van der Waals surface area contributed by atoms with E-state index in [0.717, 1.165) is 15.5 Å². The molecular weight excluding hydrogens is 338 g/mol. The third-order valence-electron chi connectivity index (χ3n) is 3.77. The number of rotatable bonds is 3. The predicted octanol–water partition coefficient (Wildman–Crippen LogP) is 1.56. The number of fused-ring (bicyclic) bond motifs is 1. The van der Waals surface area contributed by atoms with E-state index in [9.17, 15) is 9.59 Å². The van der Waals surface area contributed by atoms with Crippen molar-refractivity contribution in [3.63, 3.8) is 0 Å². The first kappa shape index (κ1) is 17.1. The third kappa shape index (κ3) is 3.54. The Balaban J connectivity index is 1.79. The number of carbonyl (C=O) groups excluding carboxylic acids is 2. The summed E-state index contributed by atoms with van der Waals surface area (Å²) in [5.41, 5.74) is 2.07. The number of nitrogens with one attached hydrogen (secondary N) is 1. The first-order chi connectivity index (χ1) is 12.0. The van der Waals surface area contributed by atoms with Crippen LogP contribution in [0.4, 0.5) is 5.69 Å². The monoisotopic (exact) mass is 355 g/mol. The van der Waals surface area contributed by atoms with Gasteiger partial charge in [0.25, 0.3) is 5.91 Å². The Kier molecular flexibility index (Phi) is 4.82. The molecule has 1 aliphatic heterocycles. The molecule has 0 bridgehead atoms. The number of amidine groups is 1. The van der Waals surface area contributed by atoms with Gasteiger partial charge in [-0.2, -0.15) is 0 Å². The second-order valence-corrected chi connectivity index (χ2v) is 6.58. The van der Waals surface area contributed by atoms with Crippen LogP contribution >= 0.6 is 11.8 Å². The molecule has 128 valence electrons. The highest BCUT2D eigenvalue weighted by Gasteiger charge is 2.29. The van der Waals surface area contributed by atoms with E-state index in [0.29, 0.717) is 5.69 Å². The van der Waals surface area contributed by atoms with Crippen molar-refractivity contribution in [1.29, 1.82) is 5.41 Å². The largest absolute Gasteiger partial charge is 0.301 e. The summed E-state index contributed by atoms with van der Waals surface area (Å²) in [7, 11) is 0. The number of nitrogens with zero attached hydrogens (tertiary/aromatic N) is 3. The van der Waals surface area contributed by atoms with E-state index in [2.05, 4.69) is 4.98 Å². The molecule has 25 heavy (non-hydrogen) atoms. The topological polar surface area (TPSA) is 103 Å². The van der Waals surface area contributed by atoms with E-state index in [1.54, 1.807) is 18.2 Å². The quantitative estimate of drug-likeness (QED) is 0.286. The van der Waals surface area contributed by atoms with Crippen LogP contribution in [0.25, 0.3) is 0 Å². The predicted molar refractivity (Wildman–Crippen MR) is 96.4 cm³/mol. The molecule has 0 unspecified atom stereocenters. The van der Waals surface area contributed by atoms with Gasteiger partial charge in [0.05, 0.1) is 11.4 Å². The van der Waals surface area contributed by atoms with Gasteiger partial charge in [-0.15, -0.1) is 11.8 Å². The second-order valence-electron chi connectivity index (χ2n) is 5.57. The summed E-state index contributed by atoms with van der Waals surface area (Å²) in [5, 5.41) is 8.74. The zero-order chi connectivity index (χ0) is 18.0. The number of amides is 2. The molecule has 8 heteroatoms. The Morgan fingerprint density at radius 1 is 1.40 bits per heavy atom. The molecule has 0 radical (unpaired) electrons. The zero-order valence-electron chi connectivity index (χ0n) is 13.6. The third-order valence-corrected chi connectivity index (χ3v) is 4.80. The van der Waals surface area contributed by atoms with Gasteiger partial charge in [-0.3, -0.25) is 20.0 Å². The average molecular weight is 355 g/mol. The van der Waals surface area contributed by atoms with Gasteiger partial charge in [-0.25, -0.2) is 10.9 Å². The van der Waals surface area contributed by atoms with Crippen molar-refractivity contribution in [3.8, 4) is 0 Å². The number of benzene rings is 1. The summed E-state index contributed by atoms with van der Waals surface area (Å²) in [5.74, 6) is 5.12. The van der Waals surface area contributed by atoms with Crippen LogP contribution in [-0.2, 0) is 9.59 Å². The standard InChI is InChI=1S/C17H17N5O2S/c1-11-5-6-13-14(8-11)25-10-16(24)21(13)9-15(23)22(19)17(18)12-4-2-3-7-20-12/h2-8,18H,9-10,19H2,1H3. The molecule has 0 saturated heterocycles. The number of anilines is 1. The lowest BCUT2D eigenvalue weighted by Gasteiger charge is -2.30. The highest BCUT2D eigenvalue weighted by Crippen LogP contribution is 2.35. The highest BCUT2D eigenvalue weighted by molar-refractivity contribution is 8.00. The first-order valence-corrected chi connectivity index (χ1v) is 8.57. The van der Waals surface area contributed by atoms with Gasteiger partial charge < -0.3 is 4.90 Å². The molecule has 3 N–H and O–H groups in total. The number of aryl methyl sites for hydroxylation is 1. The van der Waals surface area contributed by atoms with Crippen LogP contribution in [0.1, 0.15) is 11.3 Å². The zero-order valence-corrected chi connectivity index (χ0v) is 14.4. The summed E-state index contributed by atoms with van der Waals surface area (Å²) < 4.78 is 0. The summed E-state index contributed by atoms with van der Waals surface area (Å²) in [6, 6.07) is 10.7. The Labute approximate surface area is 149 Å². The van der Waals surface area contributed by atoms with Crippen molar-refractivity contribution in [2.75, 3.05) is 17.2 Å². The maximum atomic E-state index is 12.5. The maximum absolute atomic E-state index is 12.5. The molecule has 0 saturated carbocycles. The Bertz CT molecular complexity index is 840.